The monoisotopic (exact) mass is 395 g/mol. The molecule has 7 heteroatoms. The molecule has 154 valence electrons. The van der Waals surface area contributed by atoms with Crippen molar-refractivity contribution in [1.29, 1.82) is 0 Å². The molecule has 0 unspecified atom stereocenters. The molecule has 1 aromatic carbocycles. The fourth-order valence-corrected chi connectivity index (χ4v) is 4.08. The van der Waals surface area contributed by atoms with Crippen LogP contribution in [0.2, 0.25) is 0 Å². The largest absolute Gasteiger partial charge is 0.352 e. The number of likely N-dealkylation sites (N-methyl/N-ethyl adjacent to an activating group) is 1. The molecule has 2 aliphatic rings. The predicted octanol–water partition coefficient (Wildman–Crippen LogP) is 0.472. The van der Waals surface area contributed by atoms with Crippen LogP contribution in [0.25, 0.3) is 0 Å². The summed E-state index contributed by atoms with van der Waals surface area (Å²) in [6.45, 7) is 12.8. The lowest BCUT2D eigenvalue weighted by atomic mass is 10.1. The molecule has 2 fully saturated rings. The second-order valence-corrected chi connectivity index (χ2v) is 7.99. The smallest absolute Gasteiger partial charge is 0.253 e. The molecule has 0 aliphatic carbocycles. The van der Waals surface area contributed by atoms with Crippen molar-refractivity contribution in [3.05, 3.63) is 47.5 Å². The number of piperazine rings is 2. The number of carbonyl (C=O) groups is 1. The maximum Gasteiger partial charge on any atom is 0.253 e. The Bertz CT molecular complexity index is 806. The number of hydrogen-bond donors (Lipinski definition) is 1. The molecule has 29 heavy (non-hydrogen) atoms. The molecule has 0 spiro atoms. The lowest BCUT2D eigenvalue weighted by molar-refractivity contribution is -0.898. The van der Waals surface area contributed by atoms with Gasteiger partial charge in [-0.05, 0) is 38.1 Å². The van der Waals surface area contributed by atoms with Crippen molar-refractivity contribution >= 4 is 17.5 Å². The van der Waals surface area contributed by atoms with Crippen LogP contribution in [0.5, 0.6) is 0 Å². The highest BCUT2D eigenvalue weighted by atomic mass is 16.2. The molecule has 2 saturated heterocycles. The normalized spacial score (nSPS) is 18.2. The first-order valence-corrected chi connectivity index (χ1v) is 10.7. The number of hydrogen-bond acceptors (Lipinski definition) is 5. The Kier molecular flexibility index (Phi) is 5.94. The summed E-state index contributed by atoms with van der Waals surface area (Å²) in [5, 5.41) is 8.96. The number of anilines is 2. The molecule has 3 heterocycles. The van der Waals surface area contributed by atoms with Gasteiger partial charge in [0.25, 0.3) is 5.91 Å². The van der Waals surface area contributed by atoms with Crippen molar-refractivity contribution < 1.29 is 9.69 Å². The third kappa shape index (κ3) is 4.50. The minimum Gasteiger partial charge on any atom is -0.352 e. The molecule has 4 rings (SSSR count). The van der Waals surface area contributed by atoms with E-state index in [4.69, 9.17) is 0 Å². The van der Waals surface area contributed by atoms with E-state index in [1.165, 1.54) is 12.1 Å². The lowest BCUT2D eigenvalue weighted by Gasteiger charge is -2.35. The van der Waals surface area contributed by atoms with Crippen LogP contribution in [0.1, 0.15) is 22.8 Å². The Morgan fingerprint density at radius 1 is 0.862 bits per heavy atom. The zero-order valence-corrected chi connectivity index (χ0v) is 17.5. The van der Waals surface area contributed by atoms with E-state index in [0.29, 0.717) is 13.1 Å². The maximum atomic E-state index is 12.7. The number of aromatic nitrogens is 2. The topological polar surface area (TPSA) is 57.0 Å². The lowest BCUT2D eigenvalue weighted by Crippen LogP contribution is -3.14. The molecule has 0 bridgehead atoms. The van der Waals surface area contributed by atoms with E-state index in [1.54, 1.807) is 4.90 Å². The molecule has 2 aromatic rings. The highest BCUT2D eigenvalue weighted by molar-refractivity contribution is 5.94. The number of aryl methyl sites for hydroxylation is 1. The van der Waals surface area contributed by atoms with Gasteiger partial charge < -0.3 is 19.6 Å². The van der Waals surface area contributed by atoms with Gasteiger partial charge in [0.15, 0.2) is 11.6 Å². The Morgan fingerprint density at radius 2 is 1.41 bits per heavy atom. The first kappa shape index (κ1) is 19.6. The van der Waals surface area contributed by atoms with E-state index in [1.807, 2.05) is 36.1 Å². The molecule has 7 nitrogen and oxygen atoms in total. The van der Waals surface area contributed by atoms with Crippen LogP contribution in [-0.2, 0) is 0 Å². The van der Waals surface area contributed by atoms with Crippen molar-refractivity contribution in [2.75, 3.05) is 68.7 Å². The van der Waals surface area contributed by atoms with E-state index in [0.717, 1.165) is 56.5 Å². The fourth-order valence-electron chi connectivity index (χ4n) is 4.08. The average molecular weight is 396 g/mol. The summed E-state index contributed by atoms with van der Waals surface area (Å²) in [4.78, 5) is 20.8. The number of rotatable bonds is 4. The minimum absolute atomic E-state index is 0.111. The first-order chi connectivity index (χ1) is 14.1. The number of quaternary nitrogens is 1. The van der Waals surface area contributed by atoms with Gasteiger partial charge in [-0.15, -0.1) is 10.2 Å². The van der Waals surface area contributed by atoms with Gasteiger partial charge in [-0.1, -0.05) is 17.7 Å². The van der Waals surface area contributed by atoms with Crippen LogP contribution >= 0.6 is 0 Å². The van der Waals surface area contributed by atoms with Gasteiger partial charge in [0.2, 0.25) is 0 Å². The van der Waals surface area contributed by atoms with Gasteiger partial charge in [-0.25, -0.2) is 0 Å². The van der Waals surface area contributed by atoms with Crippen LogP contribution in [0.3, 0.4) is 0 Å². The summed E-state index contributed by atoms with van der Waals surface area (Å²) in [5.41, 5.74) is 1.93. The van der Waals surface area contributed by atoms with Crippen LogP contribution in [0, 0.1) is 6.92 Å². The molecule has 1 N–H and O–H groups in total. The standard InChI is InChI=1S/C22H30N6O/c1-3-25-10-12-26(13-11-25)20-8-9-21(24-23-20)27-14-16-28(17-15-27)22(29)19-6-4-18(2)5-7-19/h4-9H,3,10-17H2,1-2H3/p+1. The highest BCUT2D eigenvalue weighted by Crippen LogP contribution is 2.18. The van der Waals surface area contributed by atoms with Crippen molar-refractivity contribution in [2.45, 2.75) is 13.8 Å². The van der Waals surface area contributed by atoms with E-state index in [2.05, 4.69) is 39.1 Å². The molecule has 0 atom stereocenters. The second-order valence-electron chi connectivity index (χ2n) is 7.99. The zero-order chi connectivity index (χ0) is 20.2. The van der Waals surface area contributed by atoms with Gasteiger partial charge in [-0.3, -0.25) is 4.79 Å². The third-order valence-corrected chi connectivity index (χ3v) is 6.12. The number of amides is 1. The SMILES string of the molecule is CC[NH+]1CCN(c2ccc(N3CCN(C(=O)c4ccc(C)cc4)CC3)nn2)CC1. The Labute approximate surface area is 172 Å². The predicted molar refractivity (Wildman–Crippen MR) is 115 cm³/mol. The number of benzene rings is 1. The second kappa shape index (κ2) is 8.78. The molecule has 0 radical (unpaired) electrons. The Balaban J connectivity index is 1.32. The third-order valence-electron chi connectivity index (χ3n) is 6.12. The number of carbonyl (C=O) groups excluding carboxylic acids is 1. The fraction of sp³-hybridized carbons (Fsp3) is 0.500. The maximum absolute atomic E-state index is 12.7. The van der Waals surface area contributed by atoms with E-state index < -0.39 is 0 Å². The summed E-state index contributed by atoms with van der Waals surface area (Å²) >= 11 is 0. The van der Waals surface area contributed by atoms with Crippen molar-refractivity contribution in [1.82, 2.24) is 15.1 Å². The molecular weight excluding hydrogens is 364 g/mol. The van der Waals surface area contributed by atoms with Gasteiger partial charge in [0.1, 0.15) is 0 Å². The van der Waals surface area contributed by atoms with Crippen LogP contribution in [0.15, 0.2) is 36.4 Å². The van der Waals surface area contributed by atoms with Crippen LogP contribution < -0.4 is 14.7 Å². The molecule has 1 aromatic heterocycles. The minimum atomic E-state index is 0.111. The van der Waals surface area contributed by atoms with E-state index >= 15 is 0 Å². The van der Waals surface area contributed by atoms with Gasteiger partial charge in [-0.2, -0.15) is 0 Å². The zero-order valence-electron chi connectivity index (χ0n) is 17.5. The molecule has 1 amide bonds. The van der Waals surface area contributed by atoms with Crippen LogP contribution in [0.4, 0.5) is 11.6 Å². The number of nitrogens with one attached hydrogen (secondary N) is 1. The quantitative estimate of drug-likeness (QED) is 0.816. The van der Waals surface area contributed by atoms with Crippen LogP contribution in [-0.4, -0.2) is 79.9 Å². The Hall–Kier alpha value is -2.67. The van der Waals surface area contributed by atoms with Crippen molar-refractivity contribution in [2.24, 2.45) is 0 Å². The molecule has 0 saturated carbocycles. The van der Waals surface area contributed by atoms with Gasteiger partial charge in [0.05, 0.1) is 32.7 Å². The van der Waals surface area contributed by atoms with E-state index in [-0.39, 0.29) is 5.91 Å². The summed E-state index contributed by atoms with van der Waals surface area (Å²) in [6, 6.07) is 12.0. The van der Waals surface area contributed by atoms with Gasteiger partial charge >= 0.3 is 0 Å². The summed E-state index contributed by atoms with van der Waals surface area (Å²) in [7, 11) is 0. The summed E-state index contributed by atoms with van der Waals surface area (Å²) < 4.78 is 0. The number of nitrogens with zero attached hydrogens (tertiary/aromatic N) is 5. The summed E-state index contributed by atoms with van der Waals surface area (Å²) in [5.74, 6) is 1.98. The van der Waals surface area contributed by atoms with E-state index in [9.17, 15) is 4.79 Å². The first-order valence-electron chi connectivity index (χ1n) is 10.7. The summed E-state index contributed by atoms with van der Waals surface area (Å²) in [6.07, 6.45) is 0. The van der Waals surface area contributed by atoms with Gasteiger partial charge in [0, 0.05) is 31.7 Å². The highest BCUT2D eigenvalue weighted by Gasteiger charge is 2.24. The molecule has 2 aliphatic heterocycles. The van der Waals surface area contributed by atoms with Crippen molar-refractivity contribution in [3.8, 4) is 0 Å². The van der Waals surface area contributed by atoms with Crippen molar-refractivity contribution in [3.63, 3.8) is 0 Å². The molecular formula is C22H31N6O+. The Morgan fingerprint density at radius 3 is 1.93 bits per heavy atom. The average Bonchev–Trinajstić information content (AvgIpc) is 2.79.